The van der Waals surface area contributed by atoms with E-state index in [2.05, 4.69) is 5.32 Å². The molecule has 0 bridgehead atoms. The summed E-state index contributed by atoms with van der Waals surface area (Å²) < 4.78 is 0. The lowest BCUT2D eigenvalue weighted by Crippen LogP contribution is -2.41. The highest BCUT2D eigenvalue weighted by atomic mass is 35.5. The Morgan fingerprint density at radius 3 is 2.56 bits per heavy atom. The van der Waals surface area contributed by atoms with Gasteiger partial charge in [0.05, 0.1) is 6.54 Å². The molecule has 0 aromatic carbocycles. The molecule has 0 aliphatic carbocycles. The van der Waals surface area contributed by atoms with E-state index in [0.717, 1.165) is 19.5 Å². The Hall–Kier alpha value is -0.810. The van der Waals surface area contributed by atoms with Crippen molar-refractivity contribution in [1.82, 2.24) is 10.2 Å². The highest BCUT2D eigenvalue weighted by molar-refractivity contribution is 5.85. The average molecular weight is 278 g/mol. The summed E-state index contributed by atoms with van der Waals surface area (Å²) in [7, 11) is 0. The number of carbonyl (C=O) groups excluding carboxylic acids is 2. The quantitative estimate of drug-likeness (QED) is 0.737. The topological polar surface area (TPSA) is 75.4 Å². The fourth-order valence-corrected chi connectivity index (χ4v) is 2.15. The normalized spacial score (nSPS) is 18.5. The number of amides is 2. The molecule has 1 unspecified atom stereocenters. The molecule has 1 saturated heterocycles. The van der Waals surface area contributed by atoms with Gasteiger partial charge >= 0.3 is 0 Å². The van der Waals surface area contributed by atoms with Crippen LogP contribution in [0.3, 0.4) is 0 Å². The second kappa shape index (κ2) is 8.32. The Kier molecular flexibility index (Phi) is 7.95. The van der Waals surface area contributed by atoms with E-state index in [1.807, 2.05) is 13.8 Å². The van der Waals surface area contributed by atoms with E-state index in [-0.39, 0.29) is 24.9 Å². The first-order valence-electron chi connectivity index (χ1n) is 6.25. The molecule has 1 fully saturated rings. The van der Waals surface area contributed by atoms with Crippen molar-refractivity contribution < 1.29 is 9.59 Å². The smallest absolute Gasteiger partial charge is 0.237 e. The molecule has 6 heteroatoms. The number of nitrogens with one attached hydrogen (secondary N) is 1. The van der Waals surface area contributed by atoms with E-state index in [9.17, 15) is 9.59 Å². The second-order valence-electron chi connectivity index (χ2n) is 5.20. The highest BCUT2D eigenvalue weighted by Crippen LogP contribution is 2.14. The molecule has 0 aromatic rings. The van der Waals surface area contributed by atoms with Crippen LogP contribution in [0.1, 0.15) is 26.7 Å². The van der Waals surface area contributed by atoms with Gasteiger partial charge in [-0.3, -0.25) is 9.59 Å². The van der Waals surface area contributed by atoms with E-state index >= 15 is 0 Å². The Morgan fingerprint density at radius 1 is 1.44 bits per heavy atom. The largest absolute Gasteiger partial charge is 0.368 e. The number of halogens is 1. The lowest BCUT2D eigenvalue weighted by Gasteiger charge is -2.24. The maximum absolute atomic E-state index is 12.1. The molecule has 1 aliphatic heterocycles. The number of nitrogens with two attached hydrogens (primary N) is 1. The summed E-state index contributed by atoms with van der Waals surface area (Å²) in [6.07, 6.45) is 1.56. The number of nitrogens with zero attached hydrogens (tertiary/aromatic N) is 1. The van der Waals surface area contributed by atoms with Gasteiger partial charge in [-0.05, 0) is 31.3 Å². The van der Waals surface area contributed by atoms with Gasteiger partial charge in [-0.1, -0.05) is 13.8 Å². The van der Waals surface area contributed by atoms with E-state index in [1.54, 1.807) is 4.90 Å². The van der Waals surface area contributed by atoms with E-state index < -0.39 is 5.91 Å². The fraction of sp³-hybridized carbons (Fsp3) is 0.833. The van der Waals surface area contributed by atoms with Crippen LogP contribution in [0, 0.1) is 11.8 Å². The first-order chi connectivity index (χ1) is 7.99. The highest BCUT2D eigenvalue weighted by Gasteiger charge is 2.23. The van der Waals surface area contributed by atoms with Crippen molar-refractivity contribution in [2.45, 2.75) is 26.7 Å². The summed E-state index contributed by atoms with van der Waals surface area (Å²) in [6, 6.07) is 0. The van der Waals surface area contributed by atoms with Gasteiger partial charge in [-0.15, -0.1) is 12.4 Å². The van der Waals surface area contributed by atoms with Crippen LogP contribution in [-0.4, -0.2) is 42.9 Å². The van der Waals surface area contributed by atoms with Crippen LogP contribution in [0.15, 0.2) is 0 Å². The fourth-order valence-electron chi connectivity index (χ4n) is 2.15. The summed E-state index contributed by atoms with van der Waals surface area (Å²) in [5, 5.41) is 3.24. The molecular weight excluding hydrogens is 254 g/mol. The van der Waals surface area contributed by atoms with Crippen LogP contribution in [0.2, 0.25) is 0 Å². The minimum atomic E-state index is -0.441. The van der Waals surface area contributed by atoms with Crippen LogP contribution < -0.4 is 11.1 Å². The first-order valence-corrected chi connectivity index (χ1v) is 6.25. The predicted molar refractivity (Wildman–Crippen MR) is 73.5 cm³/mol. The van der Waals surface area contributed by atoms with Crippen LogP contribution in [-0.2, 0) is 9.59 Å². The Morgan fingerprint density at radius 2 is 2.11 bits per heavy atom. The molecule has 2 amide bonds. The Balaban J connectivity index is 0.00000289. The number of primary amides is 1. The van der Waals surface area contributed by atoms with Crippen LogP contribution in [0.5, 0.6) is 0 Å². The van der Waals surface area contributed by atoms with Crippen molar-refractivity contribution >= 4 is 24.2 Å². The van der Waals surface area contributed by atoms with E-state index in [4.69, 9.17) is 5.73 Å². The predicted octanol–water partition coefficient (Wildman–Crippen LogP) is 0.378. The molecule has 1 aliphatic rings. The SMILES string of the molecule is CC(C)CN(CC(N)=O)C(=O)CC1CCNC1.Cl. The summed E-state index contributed by atoms with van der Waals surface area (Å²) in [6.45, 7) is 6.58. The van der Waals surface area contributed by atoms with Crippen molar-refractivity contribution in [3.05, 3.63) is 0 Å². The summed E-state index contributed by atoms with van der Waals surface area (Å²) >= 11 is 0. The van der Waals surface area contributed by atoms with Crippen LogP contribution in [0.4, 0.5) is 0 Å². The van der Waals surface area contributed by atoms with Crippen LogP contribution in [0.25, 0.3) is 0 Å². The van der Waals surface area contributed by atoms with Crippen molar-refractivity contribution in [2.75, 3.05) is 26.2 Å². The standard InChI is InChI=1S/C12H23N3O2.ClH/c1-9(2)7-15(8-11(13)16)12(17)5-10-3-4-14-6-10;/h9-10,14H,3-8H2,1-2H3,(H2,13,16);1H. The first kappa shape index (κ1) is 17.2. The lowest BCUT2D eigenvalue weighted by molar-refractivity contribution is -0.136. The zero-order valence-corrected chi connectivity index (χ0v) is 12.0. The molecular formula is C12H24ClN3O2. The maximum atomic E-state index is 12.1. The van der Waals surface area contributed by atoms with Gasteiger partial charge in [0.2, 0.25) is 11.8 Å². The number of rotatable bonds is 6. The van der Waals surface area contributed by atoms with Crippen molar-refractivity contribution in [1.29, 1.82) is 0 Å². The van der Waals surface area contributed by atoms with Crippen molar-refractivity contribution in [3.8, 4) is 0 Å². The van der Waals surface area contributed by atoms with Gasteiger partial charge in [-0.25, -0.2) is 0 Å². The van der Waals surface area contributed by atoms with Gasteiger partial charge in [0.25, 0.3) is 0 Å². The van der Waals surface area contributed by atoms with E-state index in [1.165, 1.54) is 0 Å². The third-order valence-corrected chi connectivity index (χ3v) is 2.91. The molecule has 1 atom stereocenters. The molecule has 18 heavy (non-hydrogen) atoms. The zero-order chi connectivity index (χ0) is 12.8. The van der Waals surface area contributed by atoms with Gasteiger partial charge in [-0.2, -0.15) is 0 Å². The molecule has 0 radical (unpaired) electrons. The molecule has 0 saturated carbocycles. The van der Waals surface area contributed by atoms with Gasteiger partial charge in [0, 0.05) is 13.0 Å². The second-order valence-corrected chi connectivity index (χ2v) is 5.20. The zero-order valence-electron chi connectivity index (χ0n) is 11.1. The van der Waals surface area contributed by atoms with Crippen LogP contribution >= 0.6 is 12.4 Å². The summed E-state index contributed by atoms with van der Waals surface area (Å²) in [5.74, 6) is 0.361. The molecule has 0 spiro atoms. The summed E-state index contributed by atoms with van der Waals surface area (Å²) in [5.41, 5.74) is 5.17. The minimum Gasteiger partial charge on any atom is -0.368 e. The van der Waals surface area contributed by atoms with Gasteiger partial charge in [0.15, 0.2) is 0 Å². The van der Waals surface area contributed by atoms with E-state index in [0.29, 0.717) is 24.8 Å². The Labute approximate surface area is 115 Å². The third-order valence-electron chi connectivity index (χ3n) is 2.91. The number of carbonyl (C=O) groups is 2. The van der Waals surface area contributed by atoms with Crippen molar-refractivity contribution in [3.63, 3.8) is 0 Å². The number of hydrogen-bond acceptors (Lipinski definition) is 3. The third kappa shape index (κ3) is 6.21. The monoisotopic (exact) mass is 277 g/mol. The molecule has 1 heterocycles. The molecule has 1 rings (SSSR count). The minimum absolute atomic E-state index is 0. The molecule has 0 aromatic heterocycles. The van der Waals surface area contributed by atoms with Gasteiger partial charge in [0.1, 0.15) is 0 Å². The Bertz CT molecular complexity index is 278. The molecule has 5 nitrogen and oxygen atoms in total. The van der Waals surface area contributed by atoms with Gasteiger partial charge < -0.3 is 16.0 Å². The molecule has 106 valence electrons. The number of hydrogen-bond donors (Lipinski definition) is 2. The lowest BCUT2D eigenvalue weighted by atomic mass is 10.0. The average Bonchev–Trinajstić information content (AvgIpc) is 2.67. The molecule has 3 N–H and O–H groups in total. The maximum Gasteiger partial charge on any atom is 0.237 e. The summed E-state index contributed by atoms with van der Waals surface area (Å²) in [4.78, 5) is 24.6. The van der Waals surface area contributed by atoms with Crippen molar-refractivity contribution in [2.24, 2.45) is 17.6 Å².